The minimum absolute atomic E-state index is 0.0513. The van der Waals surface area contributed by atoms with Crippen LogP contribution in [-0.2, 0) is 0 Å². The molecular formula is C19H14FN3O2. The van der Waals surface area contributed by atoms with E-state index >= 15 is 0 Å². The second-order valence-corrected chi connectivity index (χ2v) is 5.13. The Morgan fingerprint density at radius 2 is 2.32 bits per heavy atom. The van der Waals surface area contributed by atoms with Gasteiger partial charge < -0.3 is 14.8 Å². The molecular weight excluding hydrogens is 321 g/mol. The van der Waals surface area contributed by atoms with Crippen LogP contribution in [0.15, 0.2) is 69.8 Å². The quantitative estimate of drug-likeness (QED) is 0.628. The maximum atomic E-state index is 13.2. The van der Waals surface area contributed by atoms with Crippen LogP contribution in [0.5, 0.6) is 5.75 Å². The van der Waals surface area contributed by atoms with Crippen molar-refractivity contribution in [1.82, 2.24) is 4.98 Å². The molecule has 6 heteroatoms. The molecule has 0 aromatic carbocycles. The van der Waals surface area contributed by atoms with Crippen molar-refractivity contribution in [3.05, 3.63) is 71.7 Å². The monoisotopic (exact) mass is 335 g/mol. The first kappa shape index (κ1) is 16.3. The molecule has 1 aliphatic heterocycles. The molecule has 0 radical (unpaired) electrons. The van der Waals surface area contributed by atoms with Gasteiger partial charge in [0.2, 0.25) is 0 Å². The lowest BCUT2D eigenvalue weighted by molar-refractivity contribution is 0.455. The van der Waals surface area contributed by atoms with Crippen molar-refractivity contribution in [1.29, 1.82) is 0 Å². The molecule has 3 heterocycles. The van der Waals surface area contributed by atoms with Gasteiger partial charge in [0.1, 0.15) is 5.83 Å². The van der Waals surface area contributed by atoms with E-state index in [0.29, 0.717) is 5.82 Å². The van der Waals surface area contributed by atoms with Crippen molar-refractivity contribution in [2.24, 2.45) is 4.99 Å². The van der Waals surface area contributed by atoms with E-state index in [1.807, 2.05) is 6.07 Å². The number of furan rings is 1. The molecule has 2 aromatic rings. The van der Waals surface area contributed by atoms with Gasteiger partial charge in [-0.2, -0.15) is 0 Å². The standard InChI is InChI=1S/C19H14FN3O2/c1-3-5-13(12(2)20)10-22-18-9-16(24)17(25-18)8-14-11-23-19-15(14)6-4-7-21-19/h4,6-9,11,22,24H,1-2,10H2. The fraction of sp³-hybridized carbons (Fsp3) is 0.0526. The van der Waals surface area contributed by atoms with Gasteiger partial charge in [-0.25, -0.2) is 14.4 Å². The molecule has 3 rings (SSSR count). The molecule has 0 unspecified atom stereocenters. The molecule has 0 amide bonds. The first-order valence-electron chi connectivity index (χ1n) is 7.35. The number of aliphatic imine (C=N–C) groups is 1. The molecule has 0 bridgehead atoms. The molecule has 0 fully saturated rings. The predicted octanol–water partition coefficient (Wildman–Crippen LogP) is 4.40. The Kier molecular flexibility index (Phi) is 4.48. The Morgan fingerprint density at radius 1 is 1.48 bits per heavy atom. The molecule has 1 aliphatic rings. The number of hydrogen-bond donors (Lipinski definition) is 2. The van der Waals surface area contributed by atoms with Crippen LogP contribution in [-0.4, -0.2) is 22.8 Å². The van der Waals surface area contributed by atoms with Gasteiger partial charge in [-0.05, 0) is 24.8 Å². The van der Waals surface area contributed by atoms with Crippen molar-refractivity contribution in [3.63, 3.8) is 0 Å². The maximum absolute atomic E-state index is 13.2. The van der Waals surface area contributed by atoms with Crippen molar-refractivity contribution in [2.45, 2.75) is 0 Å². The molecule has 5 nitrogen and oxygen atoms in total. The van der Waals surface area contributed by atoms with Crippen LogP contribution < -0.4 is 5.32 Å². The molecule has 0 saturated heterocycles. The SMILES string of the molecule is C=C=C=C(CNc1cc(O)c(C=C2C=Nc3ncccc32)o1)C(=C)F. The number of aromatic nitrogens is 1. The number of allylic oxidation sites excluding steroid dienone is 1. The lowest BCUT2D eigenvalue weighted by atomic mass is 10.1. The van der Waals surface area contributed by atoms with Gasteiger partial charge in [0.25, 0.3) is 0 Å². The van der Waals surface area contributed by atoms with E-state index < -0.39 is 5.83 Å². The van der Waals surface area contributed by atoms with Crippen LogP contribution in [0.1, 0.15) is 11.3 Å². The summed E-state index contributed by atoms with van der Waals surface area (Å²) in [5, 5.41) is 12.9. The lowest BCUT2D eigenvalue weighted by Gasteiger charge is -2.02. The second-order valence-electron chi connectivity index (χ2n) is 5.13. The van der Waals surface area contributed by atoms with Crippen LogP contribution in [0.2, 0.25) is 0 Å². The molecule has 2 N–H and O–H groups in total. The van der Waals surface area contributed by atoms with E-state index in [9.17, 15) is 9.50 Å². The molecule has 0 atom stereocenters. The van der Waals surface area contributed by atoms with Gasteiger partial charge in [0, 0.05) is 29.6 Å². The average molecular weight is 335 g/mol. The minimum atomic E-state index is -0.645. The lowest BCUT2D eigenvalue weighted by Crippen LogP contribution is -2.03. The maximum Gasteiger partial charge on any atom is 0.197 e. The Balaban J connectivity index is 1.81. The van der Waals surface area contributed by atoms with E-state index in [1.165, 1.54) is 6.07 Å². The van der Waals surface area contributed by atoms with Gasteiger partial charge in [0.05, 0.1) is 12.1 Å². The van der Waals surface area contributed by atoms with Crippen molar-refractivity contribution < 1.29 is 13.9 Å². The number of anilines is 1. The predicted molar refractivity (Wildman–Crippen MR) is 95.5 cm³/mol. The summed E-state index contributed by atoms with van der Waals surface area (Å²) in [6, 6.07) is 5.09. The topological polar surface area (TPSA) is 70.7 Å². The zero-order valence-electron chi connectivity index (χ0n) is 13.2. The minimum Gasteiger partial charge on any atom is -0.504 e. The van der Waals surface area contributed by atoms with Crippen LogP contribution in [0, 0.1) is 0 Å². The number of nitrogens with zero attached hydrogens (tertiary/aromatic N) is 2. The number of nitrogens with one attached hydrogen (secondary N) is 1. The summed E-state index contributed by atoms with van der Waals surface area (Å²) in [6.45, 7) is 6.63. The summed E-state index contributed by atoms with van der Waals surface area (Å²) in [7, 11) is 0. The van der Waals surface area contributed by atoms with Gasteiger partial charge in [-0.1, -0.05) is 18.0 Å². The van der Waals surface area contributed by atoms with Crippen LogP contribution >= 0.6 is 0 Å². The van der Waals surface area contributed by atoms with E-state index in [1.54, 1.807) is 24.6 Å². The molecule has 0 aliphatic carbocycles. The highest BCUT2D eigenvalue weighted by atomic mass is 19.1. The third-order valence-corrected chi connectivity index (χ3v) is 3.46. The number of pyridine rings is 1. The van der Waals surface area contributed by atoms with Crippen LogP contribution in [0.4, 0.5) is 16.1 Å². The Bertz CT molecular complexity index is 988. The Hall–Kier alpha value is -3.59. The molecule has 124 valence electrons. The van der Waals surface area contributed by atoms with Crippen LogP contribution in [0.3, 0.4) is 0 Å². The highest BCUT2D eigenvalue weighted by molar-refractivity contribution is 6.20. The number of hydrogen-bond acceptors (Lipinski definition) is 5. The normalized spacial score (nSPS) is 13.2. The molecule has 0 spiro atoms. The highest BCUT2D eigenvalue weighted by Gasteiger charge is 2.15. The van der Waals surface area contributed by atoms with Crippen molar-refractivity contribution in [2.75, 3.05) is 11.9 Å². The first-order chi connectivity index (χ1) is 12.1. The summed E-state index contributed by atoms with van der Waals surface area (Å²) >= 11 is 0. The fourth-order valence-corrected chi connectivity index (χ4v) is 2.26. The van der Waals surface area contributed by atoms with E-state index in [0.717, 1.165) is 11.1 Å². The largest absolute Gasteiger partial charge is 0.504 e. The zero-order chi connectivity index (χ0) is 17.8. The van der Waals surface area contributed by atoms with E-state index in [4.69, 9.17) is 4.42 Å². The number of fused-ring (bicyclic) bond motifs is 1. The Labute approximate surface area is 143 Å². The Morgan fingerprint density at radius 3 is 3.08 bits per heavy atom. The number of rotatable bonds is 5. The molecule has 2 aromatic heterocycles. The molecule has 25 heavy (non-hydrogen) atoms. The number of aromatic hydroxyl groups is 1. The van der Waals surface area contributed by atoms with Crippen LogP contribution in [0.25, 0.3) is 11.6 Å². The van der Waals surface area contributed by atoms with E-state index in [-0.39, 0.29) is 29.5 Å². The summed E-state index contributed by atoms with van der Waals surface area (Å²) in [5.74, 6) is 0.447. The highest BCUT2D eigenvalue weighted by Crippen LogP contribution is 2.34. The molecule has 0 saturated carbocycles. The van der Waals surface area contributed by atoms with Crippen molar-refractivity contribution >= 4 is 29.6 Å². The smallest absolute Gasteiger partial charge is 0.197 e. The van der Waals surface area contributed by atoms with Gasteiger partial charge in [-0.3, -0.25) is 0 Å². The zero-order valence-corrected chi connectivity index (χ0v) is 13.2. The summed E-state index contributed by atoms with van der Waals surface area (Å²) in [6.07, 6.45) is 4.97. The van der Waals surface area contributed by atoms with Gasteiger partial charge in [-0.15, -0.1) is 0 Å². The van der Waals surface area contributed by atoms with E-state index in [2.05, 4.69) is 39.9 Å². The van der Waals surface area contributed by atoms with Gasteiger partial charge in [0.15, 0.2) is 23.2 Å². The third kappa shape index (κ3) is 3.51. The third-order valence-electron chi connectivity index (χ3n) is 3.46. The summed E-state index contributed by atoms with van der Waals surface area (Å²) in [5.41, 5.74) is 6.67. The van der Waals surface area contributed by atoms with Gasteiger partial charge >= 0.3 is 0 Å². The fourth-order valence-electron chi connectivity index (χ4n) is 2.26. The summed E-state index contributed by atoms with van der Waals surface area (Å²) < 4.78 is 18.8. The van der Waals surface area contributed by atoms with Crippen molar-refractivity contribution in [3.8, 4) is 5.75 Å². The summed E-state index contributed by atoms with van der Waals surface area (Å²) in [4.78, 5) is 8.35. The number of halogens is 1. The average Bonchev–Trinajstić information content (AvgIpc) is 3.16. The second kappa shape index (κ2) is 6.89. The first-order valence-corrected chi connectivity index (χ1v) is 7.35.